The summed E-state index contributed by atoms with van der Waals surface area (Å²) in [5.74, 6) is -0.0592. The van der Waals surface area contributed by atoms with Gasteiger partial charge in [-0.2, -0.15) is 13.8 Å². The van der Waals surface area contributed by atoms with Gasteiger partial charge in [-0.25, -0.2) is 9.37 Å². The van der Waals surface area contributed by atoms with Gasteiger partial charge in [-0.1, -0.05) is 12.1 Å². The van der Waals surface area contributed by atoms with Gasteiger partial charge < -0.3 is 25.4 Å². The third kappa shape index (κ3) is 5.40. The Labute approximate surface area is 187 Å². The molecule has 0 saturated carbocycles. The molecule has 3 N–H and O–H groups in total. The average molecular weight is 461 g/mol. The molecule has 1 aliphatic heterocycles. The maximum absolute atomic E-state index is 14.4. The Morgan fingerprint density at radius 3 is 2.52 bits per heavy atom. The maximum atomic E-state index is 14.4. The lowest BCUT2D eigenvalue weighted by molar-refractivity contribution is -0.0498. The van der Waals surface area contributed by atoms with E-state index in [9.17, 15) is 13.2 Å². The maximum Gasteiger partial charge on any atom is 0.387 e. The molecule has 2 aromatic heterocycles. The minimum atomic E-state index is -2.92. The molecule has 9 nitrogen and oxygen atoms in total. The van der Waals surface area contributed by atoms with Crippen molar-refractivity contribution in [2.45, 2.75) is 32.7 Å². The zero-order chi connectivity index (χ0) is 23.5. The number of halogens is 3. The number of anilines is 4. The molecule has 0 aliphatic carbocycles. The summed E-state index contributed by atoms with van der Waals surface area (Å²) < 4.78 is 49.3. The number of aromatic nitrogens is 4. The molecule has 0 radical (unpaired) electrons. The number of hydrogen-bond donors (Lipinski definition) is 2. The highest BCUT2D eigenvalue weighted by Gasteiger charge is 2.25. The van der Waals surface area contributed by atoms with Crippen LogP contribution >= 0.6 is 0 Å². The number of benzene rings is 1. The molecule has 0 bridgehead atoms. The van der Waals surface area contributed by atoms with Crippen LogP contribution in [0.2, 0.25) is 0 Å². The second-order valence-corrected chi connectivity index (χ2v) is 7.59. The van der Waals surface area contributed by atoms with Crippen molar-refractivity contribution in [3.63, 3.8) is 0 Å². The van der Waals surface area contributed by atoms with Crippen LogP contribution in [0.4, 0.5) is 36.6 Å². The van der Waals surface area contributed by atoms with E-state index in [0.29, 0.717) is 30.2 Å². The molecule has 33 heavy (non-hydrogen) atoms. The lowest BCUT2D eigenvalue weighted by atomic mass is 10.1. The number of nitrogens with two attached hydrogens (primary N) is 1. The normalized spacial score (nSPS) is 18.4. The van der Waals surface area contributed by atoms with Gasteiger partial charge in [-0.05, 0) is 37.6 Å². The SMILES string of the molecule is CC1CN(c2ncc(F)c(Nc3cc(-c4ccc(OC(F)F)cc4)c(N)nn3)n2)CC(C)O1. The Balaban J connectivity index is 1.57. The molecule has 1 aromatic carbocycles. The predicted octanol–water partition coefficient (Wildman–Crippen LogP) is 3.61. The van der Waals surface area contributed by atoms with Gasteiger partial charge in [0.05, 0.1) is 18.4 Å². The fourth-order valence-electron chi connectivity index (χ4n) is 3.57. The number of rotatable bonds is 6. The first-order chi connectivity index (χ1) is 15.8. The minimum absolute atomic E-state index is 0.00928. The highest BCUT2D eigenvalue weighted by molar-refractivity contribution is 5.76. The van der Waals surface area contributed by atoms with Crippen molar-refractivity contribution in [2.24, 2.45) is 0 Å². The first kappa shape index (κ1) is 22.5. The Morgan fingerprint density at radius 1 is 1.15 bits per heavy atom. The number of ether oxygens (including phenoxy) is 2. The lowest BCUT2D eigenvalue weighted by Crippen LogP contribution is -2.46. The number of hydrogen-bond acceptors (Lipinski definition) is 9. The molecule has 1 saturated heterocycles. The van der Waals surface area contributed by atoms with Crippen LogP contribution in [0, 0.1) is 5.82 Å². The Kier molecular flexibility index (Phi) is 6.45. The highest BCUT2D eigenvalue weighted by Crippen LogP contribution is 2.29. The van der Waals surface area contributed by atoms with Gasteiger partial charge in [-0.15, -0.1) is 10.2 Å². The van der Waals surface area contributed by atoms with E-state index in [-0.39, 0.29) is 35.4 Å². The van der Waals surface area contributed by atoms with Crippen LogP contribution in [-0.2, 0) is 4.74 Å². The topological polar surface area (TPSA) is 111 Å². The molecular weight excluding hydrogens is 439 g/mol. The second-order valence-electron chi connectivity index (χ2n) is 7.59. The van der Waals surface area contributed by atoms with Crippen molar-refractivity contribution in [2.75, 3.05) is 29.0 Å². The average Bonchev–Trinajstić information content (AvgIpc) is 2.76. The van der Waals surface area contributed by atoms with Gasteiger partial charge in [0.15, 0.2) is 23.3 Å². The number of nitrogens with zero attached hydrogens (tertiary/aromatic N) is 5. The number of nitrogens with one attached hydrogen (secondary N) is 1. The third-order valence-corrected chi connectivity index (χ3v) is 4.89. The van der Waals surface area contributed by atoms with Crippen LogP contribution in [0.15, 0.2) is 36.5 Å². The van der Waals surface area contributed by atoms with E-state index < -0.39 is 12.4 Å². The van der Waals surface area contributed by atoms with E-state index in [1.165, 1.54) is 12.1 Å². The van der Waals surface area contributed by atoms with Gasteiger partial charge in [0.2, 0.25) is 5.95 Å². The third-order valence-electron chi connectivity index (χ3n) is 4.89. The van der Waals surface area contributed by atoms with Crippen molar-refractivity contribution < 1.29 is 22.6 Å². The predicted molar refractivity (Wildman–Crippen MR) is 116 cm³/mol. The zero-order valence-electron chi connectivity index (χ0n) is 17.9. The van der Waals surface area contributed by atoms with Gasteiger partial charge in [0.25, 0.3) is 0 Å². The summed E-state index contributed by atoms with van der Waals surface area (Å²) in [6.45, 7) is 2.13. The van der Waals surface area contributed by atoms with Crippen LogP contribution in [-0.4, -0.2) is 52.1 Å². The molecule has 1 aliphatic rings. The van der Waals surface area contributed by atoms with E-state index in [2.05, 4.69) is 30.2 Å². The van der Waals surface area contributed by atoms with Crippen LogP contribution in [0.25, 0.3) is 11.1 Å². The van der Waals surface area contributed by atoms with E-state index >= 15 is 0 Å². The van der Waals surface area contributed by atoms with Crippen LogP contribution in [0.5, 0.6) is 5.75 Å². The molecule has 3 aromatic rings. The zero-order valence-corrected chi connectivity index (χ0v) is 17.9. The summed E-state index contributed by atoms with van der Waals surface area (Å²) in [5.41, 5.74) is 7.00. The molecular formula is C21H22F3N7O2. The summed E-state index contributed by atoms with van der Waals surface area (Å²) >= 11 is 0. The number of alkyl halides is 2. The summed E-state index contributed by atoms with van der Waals surface area (Å²) in [5, 5.41) is 10.7. The van der Waals surface area contributed by atoms with Crippen molar-refractivity contribution in [1.29, 1.82) is 0 Å². The van der Waals surface area contributed by atoms with Crippen molar-refractivity contribution in [3.05, 3.63) is 42.3 Å². The molecule has 0 amide bonds. The summed E-state index contributed by atoms with van der Waals surface area (Å²) in [6, 6.07) is 7.44. The van der Waals surface area contributed by atoms with E-state index in [0.717, 1.165) is 6.20 Å². The van der Waals surface area contributed by atoms with Crippen molar-refractivity contribution in [3.8, 4) is 16.9 Å². The van der Waals surface area contributed by atoms with E-state index in [4.69, 9.17) is 10.5 Å². The molecule has 174 valence electrons. The quantitative estimate of drug-likeness (QED) is 0.569. The van der Waals surface area contributed by atoms with Crippen LogP contribution < -0.4 is 20.7 Å². The molecule has 4 rings (SSSR count). The second kappa shape index (κ2) is 9.45. The monoisotopic (exact) mass is 461 g/mol. The van der Waals surface area contributed by atoms with Gasteiger partial charge >= 0.3 is 6.61 Å². The number of morpholine rings is 1. The molecule has 1 fully saturated rings. The molecule has 12 heteroatoms. The minimum Gasteiger partial charge on any atom is -0.435 e. The van der Waals surface area contributed by atoms with Gasteiger partial charge in [0.1, 0.15) is 5.75 Å². The largest absolute Gasteiger partial charge is 0.435 e. The van der Waals surface area contributed by atoms with E-state index in [1.807, 2.05) is 18.7 Å². The first-order valence-electron chi connectivity index (χ1n) is 10.2. The summed E-state index contributed by atoms with van der Waals surface area (Å²) in [7, 11) is 0. The Hall–Kier alpha value is -3.67. The molecule has 0 spiro atoms. The molecule has 2 atom stereocenters. The molecule has 2 unspecified atom stereocenters. The van der Waals surface area contributed by atoms with Crippen LogP contribution in [0.3, 0.4) is 0 Å². The number of nitrogen functional groups attached to an aromatic ring is 1. The Bertz CT molecular complexity index is 1110. The molecule has 3 heterocycles. The fraction of sp³-hybridized carbons (Fsp3) is 0.333. The summed E-state index contributed by atoms with van der Waals surface area (Å²) in [4.78, 5) is 10.3. The van der Waals surface area contributed by atoms with E-state index in [1.54, 1.807) is 18.2 Å². The lowest BCUT2D eigenvalue weighted by Gasteiger charge is -2.35. The first-order valence-corrected chi connectivity index (χ1v) is 10.2. The van der Waals surface area contributed by atoms with Crippen molar-refractivity contribution >= 4 is 23.4 Å². The van der Waals surface area contributed by atoms with Crippen LogP contribution in [0.1, 0.15) is 13.8 Å². The Morgan fingerprint density at radius 2 is 1.85 bits per heavy atom. The standard InChI is InChI=1S/C21H22F3N7O2/c1-11-9-31(10-12(2)32-11)21-26-8-16(22)19(28-21)27-17-7-15(18(25)30-29-17)13-3-5-14(6-4-13)33-20(23)24/h3-8,11-12,20H,9-10H2,1-2H3,(H2,25,30)(H,26,27,28,29). The van der Waals surface area contributed by atoms with Gasteiger partial charge in [-0.3, -0.25) is 0 Å². The smallest absolute Gasteiger partial charge is 0.387 e. The van der Waals surface area contributed by atoms with Gasteiger partial charge in [0, 0.05) is 18.7 Å². The highest BCUT2D eigenvalue weighted by atomic mass is 19.3. The summed E-state index contributed by atoms with van der Waals surface area (Å²) in [6.07, 6.45) is 1.06. The fourth-order valence-corrected chi connectivity index (χ4v) is 3.57. The van der Waals surface area contributed by atoms with Crippen molar-refractivity contribution in [1.82, 2.24) is 20.2 Å².